The smallest absolute Gasteiger partial charge is 0.307 e. The van der Waals surface area contributed by atoms with Gasteiger partial charge in [0.2, 0.25) is 0 Å². The summed E-state index contributed by atoms with van der Waals surface area (Å²) in [7, 11) is 0. The fourth-order valence-corrected chi connectivity index (χ4v) is 2.21. The normalized spacial score (nSPS) is 11.2. The van der Waals surface area contributed by atoms with Crippen LogP contribution in [-0.4, -0.2) is 20.9 Å². The quantitative estimate of drug-likeness (QED) is 0.905. The van der Waals surface area contributed by atoms with Crippen molar-refractivity contribution in [3.05, 3.63) is 35.4 Å². The molecule has 3 N–H and O–H groups in total. The Balaban J connectivity index is 2.49. The molecule has 0 aliphatic carbocycles. The van der Waals surface area contributed by atoms with Gasteiger partial charge in [0.25, 0.3) is 0 Å². The second-order valence-electron chi connectivity index (χ2n) is 6.07. The third-order valence-corrected chi connectivity index (χ3v) is 3.25. The standard InChI is InChI=1S/C16H18N4O2/c1-16(2,3)20-15(18)12(9-17)14(19-20)11-6-4-10(5-7-11)8-13(21)22/h4-7H,8,18H2,1-3H3,(H,21,22). The lowest BCUT2D eigenvalue weighted by Gasteiger charge is -2.20. The van der Waals surface area contributed by atoms with Gasteiger partial charge in [0, 0.05) is 5.56 Å². The van der Waals surface area contributed by atoms with Crippen LogP contribution in [0.25, 0.3) is 11.3 Å². The van der Waals surface area contributed by atoms with Gasteiger partial charge in [-0.2, -0.15) is 10.4 Å². The van der Waals surface area contributed by atoms with Gasteiger partial charge in [-0.3, -0.25) is 4.79 Å². The van der Waals surface area contributed by atoms with Gasteiger partial charge in [-0.05, 0) is 26.3 Å². The predicted molar refractivity (Wildman–Crippen MR) is 83.1 cm³/mol. The molecule has 0 unspecified atom stereocenters. The number of carboxylic acid groups (broad SMARTS) is 1. The Bertz CT molecular complexity index is 746. The summed E-state index contributed by atoms with van der Waals surface area (Å²) in [5.41, 5.74) is 7.97. The number of nitrogens with zero attached hydrogens (tertiary/aromatic N) is 3. The maximum atomic E-state index is 10.7. The van der Waals surface area contributed by atoms with Crippen LogP contribution in [0.5, 0.6) is 0 Å². The maximum Gasteiger partial charge on any atom is 0.307 e. The molecule has 6 heteroatoms. The first-order valence-electron chi connectivity index (χ1n) is 6.84. The summed E-state index contributed by atoms with van der Waals surface area (Å²) >= 11 is 0. The van der Waals surface area contributed by atoms with Crippen molar-refractivity contribution in [3.8, 4) is 17.3 Å². The number of anilines is 1. The highest BCUT2D eigenvalue weighted by molar-refractivity contribution is 5.74. The van der Waals surface area contributed by atoms with Gasteiger partial charge in [-0.1, -0.05) is 24.3 Å². The van der Waals surface area contributed by atoms with E-state index < -0.39 is 5.97 Å². The molecule has 0 aliphatic heterocycles. The largest absolute Gasteiger partial charge is 0.481 e. The minimum Gasteiger partial charge on any atom is -0.481 e. The van der Waals surface area contributed by atoms with Gasteiger partial charge < -0.3 is 10.8 Å². The molecule has 0 fully saturated rings. The molecule has 0 bridgehead atoms. The Labute approximate surface area is 128 Å². The highest BCUT2D eigenvalue weighted by atomic mass is 16.4. The van der Waals surface area contributed by atoms with Crippen molar-refractivity contribution in [1.82, 2.24) is 9.78 Å². The molecule has 0 spiro atoms. The summed E-state index contributed by atoms with van der Waals surface area (Å²) in [4.78, 5) is 10.7. The topological polar surface area (TPSA) is 105 Å². The second kappa shape index (κ2) is 5.53. The van der Waals surface area contributed by atoms with E-state index in [9.17, 15) is 10.1 Å². The lowest BCUT2D eigenvalue weighted by Crippen LogP contribution is -2.24. The summed E-state index contributed by atoms with van der Waals surface area (Å²) in [6.07, 6.45) is -0.0377. The Hall–Kier alpha value is -2.81. The Morgan fingerprint density at radius 2 is 1.95 bits per heavy atom. The van der Waals surface area contributed by atoms with Crippen LogP contribution >= 0.6 is 0 Å². The number of nitrogen functional groups attached to an aromatic ring is 1. The lowest BCUT2D eigenvalue weighted by molar-refractivity contribution is -0.136. The van der Waals surface area contributed by atoms with E-state index in [-0.39, 0.29) is 12.0 Å². The molecule has 1 aromatic carbocycles. The molecular weight excluding hydrogens is 280 g/mol. The SMILES string of the molecule is CC(C)(C)n1nc(-c2ccc(CC(=O)O)cc2)c(C#N)c1N. The number of nitrogens with two attached hydrogens (primary N) is 1. The molecule has 1 heterocycles. The third kappa shape index (κ3) is 2.93. The molecule has 22 heavy (non-hydrogen) atoms. The van der Waals surface area contributed by atoms with Crippen molar-refractivity contribution in [3.63, 3.8) is 0 Å². The van der Waals surface area contributed by atoms with Crippen molar-refractivity contribution in [2.75, 3.05) is 5.73 Å². The minimum atomic E-state index is -0.883. The van der Waals surface area contributed by atoms with E-state index in [1.54, 1.807) is 28.9 Å². The molecule has 0 radical (unpaired) electrons. The average Bonchev–Trinajstić information content (AvgIpc) is 2.75. The molecule has 0 saturated heterocycles. The van der Waals surface area contributed by atoms with Crippen molar-refractivity contribution in [2.24, 2.45) is 0 Å². The molecule has 6 nitrogen and oxygen atoms in total. The minimum absolute atomic E-state index is 0.0377. The van der Waals surface area contributed by atoms with Crippen LogP contribution in [0.4, 0.5) is 5.82 Å². The summed E-state index contributed by atoms with van der Waals surface area (Å²) in [5.74, 6) is -0.550. The van der Waals surface area contributed by atoms with Gasteiger partial charge in [0.1, 0.15) is 23.1 Å². The fourth-order valence-electron chi connectivity index (χ4n) is 2.21. The number of hydrogen-bond acceptors (Lipinski definition) is 4. The number of carbonyl (C=O) groups is 1. The van der Waals surface area contributed by atoms with Crippen LogP contribution in [0.15, 0.2) is 24.3 Å². The molecule has 2 rings (SSSR count). The zero-order valence-electron chi connectivity index (χ0n) is 12.8. The first-order valence-corrected chi connectivity index (χ1v) is 6.84. The van der Waals surface area contributed by atoms with Crippen molar-refractivity contribution in [2.45, 2.75) is 32.7 Å². The first-order chi connectivity index (χ1) is 10.2. The van der Waals surface area contributed by atoms with Crippen LogP contribution in [0.1, 0.15) is 31.9 Å². The van der Waals surface area contributed by atoms with Crippen LogP contribution < -0.4 is 5.73 Å². The Kier molecular flexibility index (Phi) is 3.91. The number of carboxylic acids is 1. The average molecular weight is 298 g/mol. The van der Waals surface area contributed by atoms with Gasteiger partial charge in [-0.15, -0.1) is 0 Å². The lowest BCUT2D eigenvalue weighted by atomic mass is 10.0. The van der Waals surface area contributed by atoms with Crippen LogP contribution in [0.2, 0.25) is 0 Å². The van der Waals surface area contributed by atoms with E-state index in [1.807, 2.05) is 20.8 Å². The van der Waals surface area contributed by atoms with E-state index in [0.717, 1.165) is 5.56 Å². The van der Waals surface area contributed by atoms with E-state index in [2.05, 4.69) is 11.2 Å². The van der Waals surface area contributed by atoms with E-state index in [4.69, 9.17) is 10.8 Å². The van der Waals surface area contributed by atoms with Crippen LogP contribution in [0.3, 0.4) is 0 Å². The molecule has 114 valence electrons. The highest BCUT2D eigenvalue weighted by Crippen LogP contribution is 2.30. The number of aromatic nitrogens is 2. The Morgan fingerprint density at radius 3 is 2.41 bits per heavy atom. The van der Waals surface area contributed by atoms with Crippen molar-refractivity contribution < 1.29 is 9.90 Å². The molecule has 2 aromatic rings. The van der Waals surface area contributed by atoms with E-state index >= 15 is 0 Å². The summed E-state index contributed by atoms with van der Waals surface area (Å²) in [6.45, 7) is 5.87. The molecule has 0 saturated carbocycles. The van der Waals surface area contributed by atoms with Gasteiger partial charge in [0.15, 0.2) is 0 Å². The van der Waals surface area contributed by atoms with Crippen molar-refractivity contribution in [1.29, 1.82) is 5.26 Å². The molecular formula is C16H18N4O2. The predicted octanol–water partition coefficient (Wildman–Crippen LogP) is 2.39. The van der Waals surface area contributed by atoms with Gasteiger partial charge in [0.05, 0.1) is 12.0 Å². The zero-order valence-corrected chi connectivity index (χ0v) is 12.8. The summed E-state index contributed by atoms with van der Waals surface area (Å²) < 4.78 is 1.63. The Morgan fingerprint density at radius 1 is 1.36 bits per heavy atom. The summed E-state index contributed by atoms with van der Waals surface area (Å²) in [6, 6.07) is 9.05. The van der Waals surface area contributed by atoms with Crippen LogP contribution in [-0.2, 0) is 16.8 Å². The maximum absolute atomic E-state index is 10.7. The summed E-state index contributed by atoms with van der Waals surface area (Å²) in [5, 5.41) is 22.6. The number of nitriles is 1. The third-order valence-electron chi connectivity index (χ3n) is 3.25. The number of rotatable bonds is 3. The molecule has 1 aromatic heterocycles. The van der Waals surface area contributed by atoms with E-state index in [0.29, 0.717) is 22.6 Å². The monoisotopic (exact) mass is 298 g/mol. The number of benzene rings is 1. The van der Waals surface area contributed by atoms with Crippen LogP contribution in [0, 0.1) is 11.3 Å². The molecule has 0 amide bonds. The van der Waals surface area contributed by atoms with E-state index in [1.165, 1.54) is 0 Å². The zero-order chi connectivity index (χ0) is 16.5. The highest BCUT2D eigenvalue weighted by Gasteiger charge is 2.24. The first kappa shape index (κ1) is 15.6. The number of hydrogen-bond donors (Lipinski definition) is 2. The second-order valence-corrected chi connectivity index (χ2v) is 6.07. The fraction of sp³-hybridized carbons (Fsp3) is 0.312. The van der Waals surface area contributed by atoms with Crippen molar-refractivity contribution >= 4 is 11.8 Å². The van der Waals surface area contributed by atoms with Gasteiger partial charge >= 0.3 is 5.97 Å². The van der Waals surface area contributed by atoms with Gasteiger partial charge in [-0.25, -0.2) is 4.68 Å². The number of aliphatic carboxylic acids is 1. The molecule has 0 atom stereocenters. The molecule has 0 aliphatic rings.